The molecule has 0 N–H and O–H groups in total. The zero-order chi connectivity index (χ0) is 45.2. The molecule has 0 spiro atoms. The van der Waals surface area contributed by atoms with E-state index in [0.29, 0.717) is 0 Å². The van der Waals surface area contributed by atoms with E-state index in [1.165, 1.54) is 0 Å². The standard InChI is InChI=1S/C22H19F29O3Si/c1-4-52-55(6-3,53-5-2)54-8-7-9(23,24)10(25,26)11(27,28)12(29,30)13(31,32)14(33,34)15(35,36)16(37,38)17(39,40)18(41,42)19(43,44)20(45,46)21(47,48)22(49,50)51/h4-8H2,1-3H3. The third-order valence-corrected chi connectivity index (χ3v) is 10.0. The molecule has 0 aliphatic carbocycles. The third kappa shape index (κ3) is 7.26. The van der Waals surface area contributed by atoms with Crippen molar-refractivity contribution < 1.29 is 141 Å². The van der Waals surface area contributed by atoms with E-state index in [9.17, 15) is 127 Å². The molecule has 0 aromatic carbocycles. The normalized spacial score (nSPS) is 16.6. The van der Waals surface area contributed by atoms with Crippen LogP contribution in [0.25, 0.3) is 0 Å². The van der Waals surface area contributed by atoms with Crippen molar-refractivity contribution in [1.29, 1.82) is 0 Å². The molecule has 55 heavy (non-hydrogen) atoms. The minimum Gasteiger partial charge on any atom is -0.374 e. The highest BCUT2D eigenvalue weighted by molar-refractivity contribution is 6.60. The van der Waals surface area contributed by atoms with E-state index in [1.54, 1.807) is 0 Å². The van der Waals surface area contributed by atoms with Crippen LogP contribution in [-0.4, -0.2) is 112 Å². The number of rotatable bonds is 21. The maximum Gasteiger partial charge on any atom is 0.500 e. The highest BCUT2D eigenvalue weighted by Gasteiger charge is 3.00. The van der Waals surface area contributed by atoms with Crippen LogP contribution in [0.5, 0.6) is 0 Å². The van der Waals surface area contributed by atoms with E-state index in [0.717, 1.165) is 20.8 Å². The minimum absolute atomic E-state index is 0.434. The monoisotopic (exact) mass is 910 g/mol. The van der Waals surface area contributed by atoms with E-state index in [-0.39, 0.29) is 0 Å². The number of hydrogen-bond donors (Lipinski definition) is 0. The second-order valence-electron chi connectivity index (χ2n) is 10.6. The van der Waals surface area contributed by atoms with Crippen LogP contribution in [0.1, 0.15) is 27.2 Å². The number of halogens is 29. The van der Waals surface area contributed by atoms with Gasteiger partial charge in [-0.3, -0.25) is 0 Å². The van der Waals surface area contributed by atoms with Crippen LogP contribution in [0.4, 0.5) is 127 Å². The molecule has 0 amide bonds. The maximum absolute atomic E-state index is 14.2. The minimum atomic E-state index is -9.95. The highest BCUT2D eigenvalue weighted by Crippen LogP contribution is 2.69. The zero-order valence-corrected chi connectivity index (χ0v) is 27.2. The van der Waals surface area contributed by atoms with Gasteiger partial charge in [-0.2, -0.15) is 127 Å². The van der Waals surface area contributed by atoms with Gasteiger partial charge < -0.3 is 13.3 Å². The van der Waals surface area contributed by atoms with Gasteiger partial charge in [0.2, 0.25) is 0 Å². The van der Waals surface area contributed by atoms with Gasteiger partial charge in [-0.15, -0.1) is 0 Å². The van der Waals surface area contributed by atoms with Gasteiger partial charge in [0.1, 0.15) is 0 Å². The maximum atomic E-state index is 14.2. The van der Waals surface area contributed by atoms with Crippen LogP contribution < -0.4 is 0 Å². The molecule has 0 atom stereocenters. The van der Waals surface area contributed by atoms with Crippen molar-refractivity contribution in [2.24, 2.45) is 0 Å². The van der Waals surface area contributed by atoms with Crippen molar-refractivity contribution in [2.75, 3.05) is 19.8 Å². The van der Waals surface area contributed by atoms with Gasteiger partial charge in [0.25, 0.3) is 0 Å². The highest BCUT2D eigenvalue weighted by atomic mass is 28.4. The fourth-order valence-electron chi connectivity index (χ4n) is 3.74. The molecule has 0 saturated carbocycles. The summed E-state index contributed by atoms with van der Waals surface area (Å²) in [5.74, 6) is -121. The lowest BCUT2D eigenvalue weighted by Crippen LogP contribution is -2.79. The molecule has 0 fully saturated rings. The molecule has 33 heteroatoms. The molecule has 0 unspecified atom stereocenters. The quantitative estimate of drug-likeness (QED) is 0.0848. The Hall–Kier alpha value is -1.93. The zero-order valence-electron chi connectivity index (χ0n) is 26.2. The van der Waals surface area contributed by atoms with Crippen LogP contribution in [0, 0.1) is 0 Å². The largest absolute Gasteiger partial charge is 0.500 e. The lowest BCUT2D eigenvalue weighted by Gasteiger charge is -2.46. The fraction of sp³-hybridized carbons (Fsp3) is 1.00. The van der Waals surface area contributed by atoms with E-state index >= 15 is 0 Å². The van der Waals surface area contributed by atoms with Gasteiger partial charge in [0.15, 0.2) is 0 Å². The molecule has 0 radical (unpaired) electrons. The van der Waals surface area contributed by atoms with Gasteiger partial charge in [-0.05, 0) is 13.8 Å². The first-order valence-corrected chi connectivity index (χ1v) is 15.5. The molecular formula is C22H19F29O3Si. The summed E-state index contributed by atoms with van der Waals surface area (Å²) < 4.78 is 410. The summed E-state index contributed by atoms with van der Waals surface area (Å²) in [5, 5.41) is 0. The van der Waals surface area contributed by atoms with Crippen LogP contribution >= 0.6 is 0 Å². The van der Waals surface area contributed by atoms with Crippen LogP contribution in [-0.2, 0) is 13.3 Å². The van der Waals surface area contributed by atoms with Crippen LogP contribution in [0.15, 0.2) is 0 Å². The summed E-state index contributed by atoms with van der Waals surface area (Å²) in [6, 6.07) is -0.476. The smallest absolute Gasteiger partial charge is 0.374 e. The van der Waals surface area contributed by atoms with Crippen molar-refractivity contribution in [3.8, 4) is 0 Å². The average molecular weight is 910 g/mol. The second-order valence-corrected chi connectivity index (χ2v) is 13.5. The van der Waals surface area contributed by atoms with Crippen molar-refractivity contribution in [3.63, 3.8) is 0 Å². The van der Waals surface area contributed by atoms with Gasteiger partial charge in [0, 0.05) is 32.3 Å². The van der Waals surface area contributed by atoms with Crippen molar-refractivity contribution in [3.05, 3.63) is 0 Å². The topological polar surface area (TPSA) is 27.7 Å². The molecule has 0 saturated heterocycles. The Morgan fingerprint density at radius 2 is 0.527 bits per heavy atom. The summed E-state index contributed by atoms with van der Waals surface area (Å²) in [7, 11) is -4.25. The lowest BCUT2D eigenvalue weighted by molar-refractivity contribution is -0.487. The summed E-state index contributed by atoms with van der Waals surface area (Å²) in [6.07, 6.45) is -11.4. The van der Waals surface area contributed by atoms with E-state index in [2.05, 4.69) is 4.43 Å². The molecule has 0 aliphatic rings. The van der Waals surface area contributed by atoms with Crippen molar-refractivity contribution in [2.45, 2.75) is 116 Å². The Kier molecular flexibility index (Phi) is 14.2. The fourth-order valence-corrected chi connectivity index (χ4v) is 5.90. The van der Waals surface area contributed by atoms with Crippen molar-refractivity contribution >= 4 is 8.80 Å². The Balaban J connectivity index is 7.30. The molecule has 0 aromatic rings. The first-order valence-electron chi connectivity index (χ1n) is 13.5. The molecule has 0 heterocycles. The Morgan fingerprint density at radius 3 is 0.727 bits per heavy atom. The predicted molar refractivity (Wildman–Crippen MR) is 120 cm³/mol. The molecule has 3 nitrogen and oxygen atoms in total. The molecule has 0 rings (SSSR count). The lowest BCUT2D eigenvalue weighted by atomic mass is 9.83. The van der Waals surface area contributed by atoms with Gasteiger partial charge >= 0.3 is 92.0 Å². The molecule has 0 aromatic heterocycles. The van der Waals surface area contributed by atoms with E-state index in [1.807, 2.05) is 0 Å². The molecule has 0 aliphatic heterocycles. The van der Waals surface area contributed by atoms with Crippen LogP contribution in [0.3, 0.4) is 0 Å². The molecular weight excluding hydrogens is 891 g/mol. The second kappa shape index (κ2) is 14.7. The Bertz CT molecular complexity index is 1300. The summed E-state index contributed by atoms with van der Waals surface area (Å²) >= 11 is 0. The van der Waals surface area contributed by atoms with Gasteiger partial charge in [-0.25, -0.2) is 0 Å². The first-order chi connectivity index (χ1) is 23.6. The SMILES string of the molecule is CCO[Si](CC)(OCC)OCCC(F)(F)C(F)(F)C(F)(F)C(F)(F)C(F)(F)C(F)(F)C(F)(F)C(F)(F)C(F)(F)C(F)(F)C(F)(F)C(F)(F)C(F)(F)C(F)(F)F. The average Bonchev–Trinajstić information content (AvgIpc) is 2.99. The van der Waals surface area contributed by atoms with Crippen LogP contribution in [0.2, 0.25) is 6.04 Å². The van der Waals surface area contributed by atoms with E-state index < -0.39 is 124 Å². The number of hydrogen-bond acceptors (Lipinski definition) is 3. The summed E-state index contributed by atoms with van der Waals surface area (Å²) in [6.45, 7) is 0.433. The Labute approximate surface area is 286 Å². The third-order valence-electron chi connectivity index (χ3n) is 7.05. The Morgan fingerprint density at radius 1 is 0.309 bits per heavy atom. The van der Waals surface area contributed by atoms with Gasteiger partial charge in [0.05, 0.1) is 0 Å². The van der Waals surface area contributed by atoms with Gasteiger partial charge in [-0.1, -0.05) is 6.92 Å². The molecule has 332 valence electrons. The molecule has 0 bridgehead atoms. The first kappa shape index (κ1) is 53.1. The predicted octanol–water partition coefficient (Wildman–Crippen LogP) is 11.2. The van der Waals surface area contributed by atoms with Crippen molar-refractivity contribution in [1.82, 2.24) is 0 Å². The van der Waals surface area contributed by atoms with E-state index in [4.69, 9.17) is 8.85 Å². The summed E-state index contributed by atoms with van der Waals surface area (Å²) in [4.78, 5) is 0. The summed E-state index contributed by atoms with van der Waals surface area (Å²) in [5.41, 5.74) is 0. The number of alkyl halides is 29.